The van der Waals surface area contributed by atoms with Crippen molar-refractivity contribution >= 4 is 0 Å². The van der Waals surface area contributed by atoms with E-state index in [2.05, 4.69) is 25.4 Å². The molecule has 0 bridgehead atoms. The van der Waals surface area contributed by atoms with E-state index in [9.17, 15) is 0 Å². The minimum Gasteiger partial charge on any atom is -0.333 e. The molecule has 0 aliphatic heterocycles. The van der Waals surface area contributed by atoms with E-state index in [1.54, 1.807) is 24.0 Å². The van der Waals surface area contributed by atoms with Gasteiger partial charge in [0.2, 0.25) is 5.82 Å². The number of hydrogen-bond donors (Lipinski definition) is 1. The number of hydrogen-bond acceptors (Lipinski definition) is 6. The molecule has 0 radical (unpaired) electrons. The van der Waals surface area contributed by atoms with Crippen molar-refractivity contribution in [3.05, 3.63) is 24.2 Å². The topological polar surface area (TPSA) is 109 Å². The van der Waals surface area contributed by atoms with E-state index in [1.807, 2.05) is 6.07 Å². The molecular weight excluding hydrogens is 234 g/mol. The Balaban J connectivity index is 2.02. The van der Waals surface area contributed by atoms with E-state index in [0.29, 0.717) is 17.1 Å². The highest BCUT2D eigenvalue weighted by Crippen LogP contribution is 2.22. The molecule has 0 spiro atoms. The molecule has 1 N–H and O–H groups in total. The molecule has 0 aliphatic carbocycles. The number of aromatic nitrogens is 6. The second kappa shape index (κ2) is 3.81. The molecular formula is C10H7N7O. The van der Waals surface area contributed by atoms with Crippen LogP contribution in [0, 0.1) is 11.3 Å². The number of nitrogens with one attached hydrogen (secondary N) is 1. The first-order valence-electron chi connectivity index (χ1n) is 5.05. The Morgan fingerprint density at radius 3 is 3.11 bits per heavy atom. The second-order valence-electron chi connectivity index (χ2n) is 3.57. The lowest BCUT2D eigenvalue weighted by atomic mass is 10.2. The molecule has 0 fully saturated rings. The summed E-state index contributed by atoms with van der Waals surface area (Å²) in [5.74, 6) is 0.608. The van der Waals surface area contributed by atoms with Gasteiger partial charge in [-0.15, -0.1) is 0 Å². The van der Waals surface area contributed by atoms with Crippen LogP contribution in [-0.4, -0.2) is 30.1 Å². The normalized spacial score (nSPS) is 10.4. The molecule has 88 valence electrons. The second-order valence-corrected chi connectivity index (χ2v) is 3.57. The van der Waals surface area contributed by atoms with Crippen LogP contribution in [0.1, 0.15) is 5.69 Å². The van der Waals surface area contributed by atoms with Crippen LogP contribution in [0.25, 0.3) is 23.0 Å². The van der Waals surface area contributed by atoms with Crippen molar-refractivity contribution in [1.29, 1.82) is 5.26 Å². The fourth-order valence-corrected chi connectivity index (χ4v) is 1.50. The van der Waals surface area contributed by atoms with Gasteiger partial charge in [-0.05, 0) is 6.07 Å². The molecule has 3 aromatic rings. The molecule has 0 saturated heterocycles. The molecule has 8 heteroatoms. The molecule has 18 heavy (non-hydrogen) atoms. The van der Waals surface area contributed by atoms with Gasteiger partial charge in [-0.1, -0.05) is 5.16 Å². The van der Waals surface area contributed by atoms with Gasteiger partial charge in [0.25, 0.3) is 5.89 Å². The summed E-state index contributed by atoms with van der Waals surface area (Å²) in [6.07, 6.45) is 3.25. The zero-order valence-corrected chi connectivity index (χ0v) is 9.32. The molecule has 0 aromatic carbocycles. The number of H-pyrrole nitrogens is 1. The molecule has 8 nitrogen and oxygen atoms in total. The third-order valence-corrected chi connectivity index (χ3v) is 2.35. The fraction of sp³-hybridized carbons (Fsp3) is 0.100. The zero-order chi connectivity index (χ0) is 12.5. The standard InChI is InChI=1S/C10H7N7O/c1-17-3-2-7(15-17)9-13-10(18-16-9)6-5-12-14-8(6)4-11/h2-3,5H,1H3,(H,12,14). The van der Waals surface area contributed by atoms with Crippen molar-refractivity contribution < 1.29 is 4.52 Å². The van der Waals surface area contributed by atoms with E-state index in [0.717, 1.165) is 0 Å². The highest BCUT2D eigenvalue weighted by molar-refractivity contribution is 5.61. The summed E-state index contributed by atoms with van der Waals surface area (Å²) >= 11 is 0. The first-order chi connectivity index (χ1) is 8.78. The van der Waals surface area contributed by atoms with Gasteiger partial charge in [0.05, 0.1) is 11.8 Å². The van der Waals surface area contributed by atoms with Gasteiger partial charge in [-0.25, -0.2) is 0 Å². The van der Waals surface area contributed by atoms with Crippen LogP contribution < -0.4 is 0 Å². The quantitative estimate of drug-likeness (QED) is 0.708. The van der Waals surface area contributed by atoms with Gasteiger partial charge in [0.15, 0.2) is 0 Å². The van der Waals surface area contributed by atoms with Gasteiger partial charge >= 0.3 is 0 Å². The van der Waals surface area contributed by atoms with E-state index in [-0.39, 0.29) is 11.6 Å². The number of nitriles is 1. The molecule has 0 atom stereocenters. The predicted molar refractivity (Wildman–Crippen MR) is 58.8 cm³/mol. The average Bonchev–Trinajstić information content (AvgIpc) is 3.07. The fourth-order valence-electron chi connectivity index (χ4n) is 1.50. The largest absolute Gasteiger partial charge is 0.333 e. The van der Waals surface area contributed by atoms with Crippen LogP contribution in [0.5, 0.6) is 0 Å². The molecule has 3 aromatic heterocycles. The van der Waals surface area contributed by atoms with Gasteiger partial charge in [0, 0.05) is 13.2 Å². The van der Waals surface area contributed by atoms with Gasteiger partial charge < -0.3 is 4.52 Å². The average molecular weight is 241 g/mol. The predicted octanol–water partition coefficient (Wildman–Crippen LogP) is 0.732. The lowest BCUT2D eigenvalue weighted by Crippen LogP contribution is -1.88. The maximum Gasteiger partial charge on any atom is 0.262 e. The number of rotatable bonds is 2. The molecule has 3 rings (SSSR count). The molecule has 0 amide bonds. The van der Waals surface area contributed by atoms with Crippen molar-refractivity contribution in [3.8, 4) is 29.0 Å². The van der Waals surface area contributed by atoms with Crippen LogP contribution in [0.3, 0.4) is 0 Å². The van der Waals surface area contributed by atoms with Gasteiger partial charge in [-0.2, -0.15) is 20.4 Å². The Bertz CT molecular complexity index is 729. The lowest BCUT2D eigenvalue weighted by molar-refractivity contribution is 0.432. The Kier molecular flexibility index (Phi) is 2.16. The Hall–Kier alpha value is -2.95. The van der Waals surface area contributed by atoms with Crippen LogP contribution in [0.2, 0.25) is 0 Å². The number of aryl methyl sites for hydroxylation is 1. The highest BCUT2D eigenvalue weighted by Gasteiger charge is 2.16. The van der Waals surface area contributed by atoms with Crippen molar-refractivity contribution in [2.45, 2.75) is 0 Å². The third kappa shape index (κ3) is 1.54. The smallest absolute Gasteiger partial charge is 0.262 e. The van der Waals surface area contributed by atoms with E-state index >= 15 is 0 Å². The van der Waals surface area contributed by atoms with E-state index in [4.69, 9.17) is 9.78 Å². The summed E-state index contributed by atoms with van der Waals surface area (Å²) in [7, 11) is 1.80. The summed E-state index contributed by atoms with van der Waals surface area (Å²) in [4.78, 5) is 4.18. The summed E-state index contributed by atoms with van der Waals surface area (Å²) in [6, 6.07) is 3.73. The van der Waals surface area contributed by atoms with Crippen molar-refractivity contribution in [2.24, 2.45) is 7.05 Å². The monoisotopic (exact) mass is 241 g/mol. The third-order valence-electron chi connectivity index (χ3n) is 2.35. The van der Waals surface area contributed by atoms with E-state index in [1.165, 1.54) is 6.20 Å². The molecule has 0 saturated carbocycles. The Morgan fingerprint density at radius 1 is 1.50 bits per heavy atom. The van der Waals surface area contributed by atoms with Crippen molar-refractivity contribution in [3.63, 3.8) is 0 Å². The van der Waals surface area contributed by atoms with Crippen LogP contribution in [0.15, 0.2) is 23.0 Å². The maximum atomic E-state index is 8.87. The first kappa shape index (κ1) is 10.2. The minimum atomic E-state index is 0.237. The Morgan fingerprint density at radius 2 is 2.39 bits per heavy atom. The summed E-state index contributed by atoms with van der Waals surface area (Å²) < 4.78 is 6.74. The van der Waals surface area contributed by atoms with E-state index < -0.39 is 0 Å². The van der Waals surface area contributed by atoms with Crippen LogP contribution in [-0.2, 0) is 7.05 Å². The highest BCUT2D eigenvalue weighted by atomic mass is 16.5. The van der Waals surface area contributed by atoms with Crippen molar-refractivity contribution in [2.75, 3.05) is 0 Å². The number of nitrogens with zero attached hydrogens (tertiary/aromatic N) is 6. The SMILES string of the molecule is Cn1ccc(-c2noc(-c3cn[nH]c3C#N)n2)n1. The lowest BCUT2D eigenvalue weighted by Gasteiger charge is -1.86. The van der Waals surface area contributed by atoms with Gasteiger partial charge in [-0.3, -0.25) is 9.78 Å². The van der Waals surface area contributed by atoms with Crippen molar-refractivity contribution in [1.82, 2.24) is 30.1 Å². The van der Waals surface area contributed by atoms with Crippen LogP contribution >= 0.6 is 0 Å². The summed E-state index contributed by atoms with van der Waals surface area (Å²) in [6.45, 7) is 0. The van der Waals surface area contributed by atoms with Crippen LogP contribution in [0.4, 0.5) is 0 Å². The number of aromatic amines is 1. The maximum absolute atomic E-state index is 8.87. The molecule has 0 unspecified atom stereocenters. The summed E-state index contributed by atoms with van der Waals surface area (Å²) in [5, 5.41) is 23.2. The molecule has 0 aliphatic rings. The summed E-state index contributed by atoms with van der Waals surface area (Å²) in [5.41, 5.74) is 1.37. The molecule has 3 heterocycles. The first-order valence-corrected chi connectivity index (χ1v) is 5.05. The Labute approximate surface area is 101 Å². The van der Waals surface area contributed by atoms with Gasteiger partial charge in [0.1, 0.15) is 17.5 Å². The zero-order valence-electron chi connectivity index (χ0n) is 9.32. The minimum absolute atomic E-state index is 0.237.